The van der Waals surface area contributed by atoms with Gasteiger partial charge >= 0.3 is 0 Å². The Bertz CT molecular complexity index is 477. The molecule has 0 amide bonds. The predicted octanol–water partition coefficient (Wildman–Crippen LogP) is 3.62. The smallest absolute Gasteiger partial charge is 0.174 e. The van der Waals surface area contributed by atoms with E-state index < -0.39 is 0 Å². The van der Waals surface area contributed by atoms with Crippen molar-refractivity contribution >= 4 is 17.3 Å². The third-order valence-corrected chi connectivity index (χ3v) is 3.57. The second kappa shape index (κ2) is 4.73. The van der Waals surface area contributed by atoms with E-state index >= 15 is 0 Å². The largest absolute Gasteiger partial charge is 0.354 e. The average molecular weight is 260 g/mol. The van der Waals surface area contributed by atoms with Gasteiger partial charge in [0.05, 0.1) is 11.6 Å². The van der Waals surface area contributed by atoms with E-state index in [9.17, 15) is 0 Å². The Labute approximate surface area is 115 Å². The van der Waals surface area contributed by atoms with Crippen LogP contribution in [-0.2, 0) is 0 Å². The van der Waals surface area contributed by atoms with Crippen LogP contribution in [0, 0.1) is 0 Å². The second-order valence-electron chi connectivity index (χ2n) is 5.39. The Kier molecular flexibility index (Phi) is 3.44. The highest BCUT2D eigenvalue weighted by atomic mass is 32.1. The van der Waals surface area contributed by atoms with Gasteiger partial charge in [-0.2, -0.15) is 0 Å². The topological polar surface area (TPSA) is 15.3 Å². The SMILES string of the molecule is CC1=CC(C)(C)NC(=S)N1[C@H](C)c1ccccc1. The van der Waals surface area contributed by atoms with E-state index in [1.165, 1.54) is 11.3 Å². The summed E-state index contributed by atoms with van der Waals surface area (Å²) in [4.78, 5) is 2.18. The molecule has 2 rings (SSSR count). The molecule has 3 heteroatoms. The molecule has 0 aliphatic carbocycles. The number of hydrogen-bond acceptors (Lipinski definition) is 1. The molecule has 1 aliphatic rings. The van der Waals surface area contributed by atoms with Gasteiger partial charge in [-0.1, -0.05) is 30.3 Å². The summed E-state index contributed by atoms with van der Waals surface area (Å²) < 4.78 is 0. The molecule has 2 nitrogen and oxygen atoms in total. The van der Waals surface area contributed by atoms with Crippen molar-refractivity contribution in [2.45, 2.75) is 39.3 Å². The fourth-order valence-corrected chi connectivity index (χ4v) is 3.05. The highest BCUT2D eigenvalue weighted by molar-refractivity contribution is 7.80. The number of benzene rings is 1. The molecule has 96 valence electrons. The molecule has 0 saturated carbocycles. The average Bonchev–Trinajstić information content (AvgIpc) is 2.27. The van der Waals surface area contributed by atoms with E-state index in [1.807, 2.05) is 6.07 Å². The Morgan fingerprint density at radius 1 is 1.22 bits per heavy atom. The quantitative estimate of drug-likeness (QED) is 0.818. The van der Waals surface area contributed by atoms with Crippen molar-refractivity contribution in [3.63, 3.8) is 0 Å². The zero-order valence-electron chi connectivity index (χ0n) is 11.4. The van der Waals surface area contributed by atoms with E-state index in [2.05, 4.69) is 68.3 Å². The fraction of sp³-hybridized carbons (Fsp3) is 0.400. The maximum atomic E-state index is 5.50. The number of allylic oxidation sites excluding steroid dienone is 1. The molecule has 0 unspecified atom stereocenters. The van der Waals surface area contributed by atoms with Gasteiger partial charge < -0.3 is 10.2 Å². The first-order chi connectivity index (χ1) is 8.41. The van der Waals surface area contributed by atoms with Crippen molar-refractivity contribution in [1.29, 1.82) is 0 Å². The minimum Gasteiger partial charge on any atom is -0.354 e. The third-order valence-electron chi connectivity index (χ3n) is 3.27. The molecule has 0 saturated heterocycles. The summed E-state index contributed by atoms with van der Waals surface area (Å²) in [5.41, 5.74) is 2.42. The summed E-state index contributed by atoms with van der Waals surface area (Å²) in [6.45, 7) is 8.56. The molecular formula is C15H20N2S. The molecule has 0 aromatic heterocycles. The number of nitrogens with one attached hydrogen (secondary N) is 1. The zero-order valence-corrected chi connectivity index (χ0v) is 12.2. The lowest BCUT2D eigenvalue weighted by Crippen LogP contribution is -2.53. The molecule has 0 spiro atoms. The van der Waals surface area contributed by atoms with Crippen LogP contribution < -0.4 is 5.32 Å². The molecule has 1 N–H and O–H groups in total. The first kappa shape index (κ1) is 13.1. The summed E-state index contributed by atoms with van der Waals surface area (Å²) in [7, 11) is 0. The van der Waals surface area contributed by atoms with Crippen LogP contribution in [0.15, 0.2) is 42.1 Å². The van der Waals surface area contributed by atoms with Crippen LogP contribution in [0.25, 0.3) is 0 Å². The maximum Gasteiger partial charge on any atom is 0.174 e. The van der Waals surface area contributed by atoms with Crippen molar-refractivity contribution in [3.05, 3.63) is 47.7 Å². The van der Waals surface area contributed by atoms with Crippen LogP contribution in [0.4, 0.5) is 0 Å². The van der Waals surface area contributed by atoms with Gasteiger partial charge in [0.15, 0.2) is 5.11 Å². The normalized spacial score (nSPS) is 20.1. The molecule has 1 heterocycles. The molecule has 0 bridgehead atoms. The number of nitrogens with zero attached hydrogens (tertiary/aromatic N) is 1. The lowest BCUT2D eigenvalue weighted by molar-refractivity contribution is 0.362. The molecular weight excluding hydrogens is 240 g/mol. The van der Waals surface area contributed by atoms with Crippen molar-refractivity contribution in [3.8, 4) is 0 Å². The van der Waals surface area contributed by atoms with Gasteiger partial charge in [-0.25, -0.2) is 0 Å². The van der Waals surface area contributed by atoms with E-state index in [0.29, 0.717) is 0 Å². The highest BCUT2D eigenvalue weighted by Crippen LogP contribution is 2.28. The van der Waals surface area contributed by atoms with Crippen LogP contribution in [0.3, 0.4) is 0 Å². The van der Waals surface area contributed by atoms with Crippen molar-refractivity contribution < 1.29 is 0 Å². The highest BCUT2D eigenvalue weighted by Gasteiger charge is 2.29. The maximum absolute atomic E-state index is 5.50. The molecule has 0 radical (unpaired) electrons. The Balaban J connectivity index is 2.31. The standard InChI is InChI=1S/C15H20N2S/c1-11-10-15(3,4)16-14(18)17(11)12(2)13-8-6-5-7-9-13/h5-10,12H,1-4H3,(H,16,18)/t12-/m1/s1. The van der Waals surface area contributed by atoms with Crippen LogP contribution in [-0.4, -0.2) is 15.6 Å². The monoisotopic (exact) mass is 260 g/mol. The van der Waals surface area contributed by atoms with Gasteiger partial charge in [-0.3, -0.25) is 0 Å². The first-order valence-electron chi connectivity index (χ1n) is 6.26. The van der Waals surface area contributed by atoms with Crippen LogP contribution >= 0.6 is 12.2 Å². The van der Waals surface area contributed by atoms with Gasteiger partial charge in [0.25, 0.3) is 0 Å². The predicted molar refractivity (Wildman–Crippen MR) is 80.3 cm³/mol. The third kappa shape index (κ3) is 2.56. The van der Waals surface area contributed by atoms with E-state index in [-0.39, 0.29) is 11.6 Å². The van der Waals surface area contributed by atoms with Gasteiger partial charge in [-0.05, 0) is 51.6 Å². The van der Waals surface area contributed by atoms with Crippen molar-refractivity contribution in [1.82, 2.24) is 10.2 Å². The molecule has 1 atom stereocenters. The zero-order chi connectivity index (χ0) is 13.3. The van der Waals surface area contributed by atoms with Crippen LogP contribution in [0.1, 0.15) is 39.3 Å². The van der Waals surface area contributed by atoms with Crippen LogP contribution in [0.5, 0.6) is 0 Å². The second-order valence-corrected chi connectivity index (χ2v) is 5.78. The number of hydrogen-bond donors (Lipinski definition) is 1. The fourth-order valence-electron chi connectivity index (χ4n) is 2.49. The van der Waals surface area contributed by atoms with Gasteiger partial charge in [-0.15, -0.1) is 0 Å². The van der Waals surface area contributed by atoms with Gasteiger partial charge in [0.2, 0.25) is 0 Å². The number of thiocarbonyl (C=S) groups is 1. The summed E-state index contributed by atoms with van der Waals surface area (Å²) in [6.07, 6.45) is 2.22. The molecule has 0 fully saturated rings. The molecule has 1 aromatic rings. The first-order valence-corrected chi connectivity index (χ1v) is 6.67. The van der Waals surface area contributed by atoms with E-state index in [1.54, 1.807) is 0 Å². The van der Waals surface area contributed by atoms with E-state index in [0.717, 1.165) is 5.11 Å². The molecule has 18 heavy (non-hydrogen) atoms. The van der Waals surface area contributed by atoms with Crippen molar-refractivity contribution in [2.24, 2.45) is 0 Å². The lowest BCUT2D eigenvalue weighted by atomic mass is 9.99. The number of rotatable bonds is 2. The molecule has 1 aliphatic heterocycles. The Morgan fingerprint density at radius 3 is 2.39 bits per heavy atom. The minimum atomic E-state index is -0.0614. The van der Waals surface area contributed by atoms with Crippen LogP contribution in [0.2, 0.25) is 0 Å². The van der Waals surface area contributed by atoms with Crippen molar-refractivity contribution in [2.75, 3.05) is 0 Å². The van der Waals surface area contributed by atoms with Gasteiger partial charge in [0.1, 0.15) is 0 Å². The summed E-state index contributed by atoms with van der Waals surface area (Å²) >= 11 is 5.50. The minimum absolute atomic E-state index is 0.0614. The molecule has 1 aromatic carbocycles. The summed E-state index contributed by atoms with van der Waals surface area (Å²) in [5.74, 6) is 0. The van der Waals surface area contributed by atoms with Gasteiger partial charge in [0, 0.05) is 5.70 Å². The summed E-state index contributed by atoms with van der Waals surface area (Å²) in [5, 5.41) is 4.17. The summed E-state index contributed by atoms with van der Waals surface area (Å²) in [6, 6.07) is 10.7. The van der Waals surface area contributed by atoms with E-state index in [4.69, 9.17) is 12.2 Å². The Hall–Kier alpha value is -1.35. The lowest BCUT2D eigenvalue weighted by Gasteiger charge is -2.41. The Morgan fingerprint density at radius 2 is 1.83 bits per heavy atom.